The van der Waals surface area contributed by atoms with E-state index < -0.39 is 0 Å². The molecule has 0 amide bonds. The highest BCUT2D eigenvalue weighted by molar-refractivity contribution is 6.36. The van der Waals surface area contributed by atoms with Crippen LogP contribution in [0.15, 0.2) is 231 Å². The summed E-state index contributed by atoms with van der Waals surface area (Å²) in [5.74, 6) is 0. The third-order valence-corrected chi connectivity index (χ3v) is 14.9. The van der Waals surface area contributed by atoms with Gasteiger partial charge in [-0.15, -0.1) is 0 Å². The second-order valence-electron chi connectivity index (χ2n) is 18.2. The summed E-state index contributed by atoms with van der Waals surface area (Å²) in [5, 5.41) is 26.0. The standard InChI is InChI=1S/C66H38/c1-3-13-39(14-4-1)63-57-31-29-44(46-34-36-56-52-24-10-20-42-18-8-22-50(62(42)52)54-28-12-26-48(46)66(54)56)38-60(57)64(40-15-5-2-6-16-40)58-32-30-43(37-59(58)63)45-33-35-55-51-23-9-19-41-17-7-21-49(61(41)51)53-27-11-25-47(45)65(53)55/h1-38H. The van der Waals surface area contributed by atoms with E-state index in [0.29, 0.717) is 0 Å². The number of rotatable bonds is 4. The van der Waals surface area contributed by atoms with Gasteiger partial charge in [0.1, 0.15) is 0 Å². The highest BCUT2D eigenvalue weighted by Gasteiger charge is 2.22. The zero-order chi connectivity index (χ0) is 43.0. The normalized spacial score (nSPS) is 12.2. The maximum Gasteiger partial charge on any atom is -0.00201 e. The molecule has 0 saturated heterocycles. The summed E-state index contributed by atoms with van der Waals surface area (Å²) >= 11 is 0. The van der Waals surface area contributed by atoms with Crippen molar-refractivity contribution in [1.29, 1.82) is 0 Å². The highest BCUT2D eigenvalue weighted by Crippen LogP contribution is 2.49. The van der Waals surface area contributed by atoms with E-state index in [1.807, 2.05) is 0 Å². The maximum absolute atomic E-state index is 2.48. The minimum Gasteiger partial charge on any atom is -0.0622 e. The monoisotopic (exact) mass is 830 g/mol. The van der Waals surface area contributed by atoms with Gasteiger partial charge in [-0.2, -0.15) is 0 Å². The predicted molar refractivity (Wildman–Crippen MR) is 286 cm³/mol. The van der Waals surface area contributed by atoms with Crippen molar-refractivity contribution in [3.8, 4) is 44.5 Å². The molecule has 0 N–H and O–H groups in total. The average Bonchev–Trinajstić information content (AvgIpc) is 3.38. The van der Waals surface area contributed by atoms with E-state index in [0.717, 1.165) is 0 Å². The van der Waals surface area contributed by atoms with Crippen LogP contribution >= 0.6 is 0 Å². The molecule has 0 radical (unpaired) electrons. The molecule has 0 aliphatic heterocycles. The van der Waals surface area contributed by atoms with Gasteiger partial charge in [0, 0.05) is 0 Å². The van der Waals surface area contributed by atoms with Crippen molar-refractivity contribution < 1.29 is 0 Å². The van der Waals surface area contributed by atoms with Crippen LogP contribution in [0.1, 0.15) is 0 Å². The Kier molecular flexibility index (Phi) is 7.31. The second-order valence-corrected chi connectivity index (χ2v) is 18.2. The molecule has 0 aliphatic rings. The Bertz CT molecular complexity index is 4090. The Morgan fingerprint density at radius 1 is 0.167 bits per heavy atom. The molecule has 0 heterocycles. The quantitative estimate of drug-likeness (QED) is 0.122. The molecule has 15 rings (SSSR count). The van der Waals surface area contributed by atoms with Crippen molar-refractivity contribution in [1.82, 2.24) is 0 Å². The van der Waals surface area contributed by atoms with Gasteiger partial charge in [0.05, 0.1) is 0 Å². The van der Waals surface area contributed by atoms with Crippen LogP contribution in [0.4, 0.5) is 0 Å². The van der Waals surface area contributed by atoms with Gasteiger partial charge in [-0.1, -0.05) is 218 Å². The molecule has 302 valence electrons. The van der Waals surface area contributed by atoms with Crippen molar-refractivity contribution in [3.05, 3.63) is 231 Å². The zero-order valence-corrected chi connectivity index (χ0v) is 35.9. The molecule has 0 spiro atoms. The Labute approximate surface area is 380 Å². The van der Waals surface area contributed by atoms with Gasteiger partial charge in [0.2, 0.25) is 0 Å². The molecule has 0 bridgehead atoms. The molecule has 0 aliphatic carbocycles. The molecule has 0 saturated carbocycles. The molecule has 66 heavy (non-hydrogen) atoms. The van der Waals surface area contributed by atoms with E-state index in [2.05, 4.69) is 231 Å². The van der Waals surface area contributed by atoms with Gasteiger partial charge in [0.15, 0.2) is 0 Å². The lowest BCUT2D eigenvalue weighted by molar-refractivity contribution is 1.64. The van der Waals surface area contributed by atoms with Crippen LogP contribution in [-0.2, 0) is 0 Å². The van der Waals surface area contributed by atoms with Crippen LogP contribution in [0.2, 0.25) is 0 Å². The van der Waals surface area contributed by atoms with Crippen molar-refractivity contribution in [2.75, 3.05) is 0 Å². The first-order valence-electron chi connectivity index (χ1n) is 23.1. The van der Waals surface area contributed by atoms with Crippen LogP contribution < -0.4 is 0 Å². The van der Waals surface area contributed by atoms with E-state index in [1.165, 1.54) is 152 Å². The maximum atomic E-state index is 2.48. The lowest BCUT2D eigenvalue weighted by Crippen LogP contribution is -1.93. The smallest absolute Gasteiger partial charge is 0.00201 e. The van der Waals surface area contributed by atoms with E-state index in [9.17, 15) is 0 Å². The van der Waals surface area contributed by atoms with Crippen LogP contribution in [0, 0.1) is 0 Å². The molecule has 0 heteroatoms. The van der Waals surface area contributed by atoms with E-state index >= 15 is 0 Å². The Hall–Kier alpha value is -8.58. The van der Waals surface area contributed by atoms with Crippen molar-refractivity contribution in [2.45, 2.75) is 0 Å². The predicted octanol–water partition coefficient (Wildman–Crippen LogP) is 18.8. The third-order valence-electron chi connectivity index (χ3n) is 14.9. The van der Waals surface area contributed by atoms with Gasteiger partial charge in [-0.05, 0) is 164 Å². The number of hydrogen-bond acceptors (Lipinski definition) is 0. The van der Waals surface area contributed by atoms with Crippen molar-refractivity contribution in [2.24, 2.45) is 0 Å². The first-order chi connectivity index (χ1) is 32.8. The van der Waals surface area contributed by atoms with Crippen molar-refractivity contribution >= 4 is 108 Å². The number of benzene rings is 15. The van der Waals surface area contributed by atoms with Gasteiger partial charge >= 0.3 is 0 Å². The fraction of sp³-hybridized carbons (Fsp3) is 0. The number of fused-ring (bicyclic) bond motifs is 6. The van der Waals surface area contributed by atoms with E-state index in [1.54, 1.807) is 0 Å². The summed E-state index contributed by atoms with van der Waals surface area (Å²) in [6, 6.07) is 86.7. The first kappa shape index (κ1) is 35.8. The molecule has 0 nitrogen and oxygen atoms in total. The van der Waals surface area contributed by atoms with Crippen LogP contribution in [-0.4, -0.2) is 0 Å². The van der Waals surface area contributed by atoms with Gasteiger partial charge < -0.3 is 0 Å². The largest absolute Gasteiger partial charge is 0.0622 e. The minimum absolute atomic E-state index is 1.22. The first-order valence-corrected chi connectivity index (χ1v) is 23.1. The fourth-order valence-electron chi connectivity index (χ4n) is 12.2. The average molecular weight is 831 g/mol. The molecule has 0 unspecified atom stereocenters. The molecule has 0 aromatic heterocycles. The third kappa shape index (κ3) is 4.88. The molecular weight excluding hydrogens is 793 g/mol. The Morgan fingerprint density at radius 2 is 0.485 bits per heavy atom. The molecule has 15 aromatic rings. The zero-order valence-electron chi connectivity index (χ0n) is 35.9. The fourth-order valence-corrected chi connectivity index (χ4v) is 12.2. The SMILES string of the molecule is c1ccc(-c2c3ccc(-c4ccc5c6cccc7cccc(c8cccc4c85)c76)cc3c(-c3ccccc3)c3ccc(-c4ccc5c6cccc7cccc(c8cccc4c85)c76)cc23)cc1. The van der Waals surface area contributed by atoms with E-state index in [4.69, 9.17) is 0 Å². The van der Waals surface area contributed by atoms with Gasteiger partial charge in [-0.25, -0.2) is 0 Å². The molecule has 15 aromatic carbocycles. The summed E-state index contributed by atoms with van der Waals surface area (Å²) in [7, 11) is 0. The lowest BCUT2D eigenvalue weighted by atomic mass is 9.82. The Morgan fingerprint density at radius 3 is 0.879 bits per heavy atom. The summed E-state index contributed by atoms with van der Waals surface area (Å²) in [6.45, 7) is 0. The van der Waals surface area contributed by atoms with Gasteiger partial charge in [-0.3, -0.25) is 0 Å². The summed E-state index contributed by atoms with van der Waals surface area (Å²) in [6.07, 6.45) is 0. The Balaban J connectivity index is 1.02. The van der Waals surface area contributed by atoms with Crippen LogP contribution in [0.25, 0.3) is 152 Å². The second kappa shape index (κ2) is 13.5. The minimum atomic E-state index is 1.22. The van der Waals surface area contributed by atoms with Gasteiger partial charge in [0.25, 0.3) is 0 Å². The summed E-state index contributed by atoms with van der Waals surface area (Å²) in [5.41, 5.74) is 9.90. The highest BCUT2D eigenvalue weighted by atomic mass is 14.2. The number of hydrogen-bond donors (Lipinski definition) is 0. The van der Waals surface area contributed by atoms with Crippen LogP contribution in [0.5, 0.6) is 0 Å². The molecule has 0 fully saturated rings. The van der Waals surface area contributed by atoms with Crippen LogP contribution in [0.3, 0.4) is 0 Å². The van der Waals surface area contributed by atoms with Crippen molar-refractivity contribution in [3.63, 3.8) is 0 Å². The molecule has 0 atom stereocenters. The lowest BCUT2D eigenvalue weighted by Gasteiger charge is -2.21. The summed E-state index contributed by atoms with van der Waals surface area (Å²) in [4.78, 5) is 0. The molecular formula is C66H38. The van der Waals surface area contributed by atoms with E-state index in [-0.39, 0.29) is 0 Å². The summed E-state index contributed by atoms with van der Waals surface area (Å²) < 4.78 is 0. The topological polar surface area (TPSA) is 0 Å².